The molecule has 6 heteroatoms. The minimum Gasteiger partial charge on any atom is -0.497 e. The lowest BCUT2D eigenvalue weighted by atomic mass is 10.0. The van der Waals surface area contributed by atoms with Crippen LogP contribution in [0.1, 0.15) is 11.3 Å². The Labute approximate surface area is 169 Å². The molecular weight excluding hydrogens is 364 g/mol. The van der Waals surface area contributed by atoms with Crippen molar-refractivity contribution < 1.29 is 9.53 Å². The molecule has 0 atom stereocenters. The number of anilines is 1. The predicted octanol–water partition coefficient (Wildman–Crippen LogP) is 4.36. The fourth-order valence-electron chi connectivity index (χ4n) is 3.46. The molecule has 0 fully saturated rings. The second-order valence-electron chi connectivity index (χ2n) is 6.95. The van der Waals surface area contributed by atoms with E-state index in [1.165, 1.54) is 0 Å². The number of aromatic nitrogens is 3. The van der Waals surface area contributed by atoms with E-state index in [0.29, 0.717) is 5.65 Å². The number of amides is 1. The summed E-state index contributed by atoms with van der Waals surface area (Å²) in [5, 5.41) is 8.45. The smallest absolute Gasteiger partial charge is 0.246 e. The highest BCUT2D eigenvalue weighted by Crippen LogP contribution is 2.30. The van der Waals surface area contributed by atoms with Crippen LogP contribution in [0.15, 0.2) is 60.8 Å². The van der Waals surface area contributed by atoms with Crippen LogP contribution in [0, 0.1) is 13.8 Å². The normalized spacial score (nSPS) is 10.9. The van der Waals surface area contributed by atoms with E-state index >= 15 is 0 Å². The lowest BCUT2D eigenvalue weighted by molar-refractivity contribution is -0.116. The fourth-order valence-corrected chi connectivity index (χ4v) is 3.46. The minimum atomic E-state index is -0.142. The number of carbonyl (C=O) groups is 1. The summed E-state index contributed by atoms with van der Waals surface area (Å²) in [6.07, 6.45) is 1.75. The average molecular weight is 386 g/mol. The molecule has 0 radical (unpaired) electrons. The van der Waals surface area contributed by atoms with Gasteiger partial charge in [0.15, 0.2) is 5.65 Å². The minimum absolute atomic E-state index is 0.0946. The maximum atomic E-state index is 12.6. The van der Waals surface area contributed by atoms with E-state index < -0.39 is 0 Å². The van der Waals surface area contributed by atoms with Gasteiger partial charge in [-0.25, -0.2) is 9.67 Å². The van der Waals surface area contributed by atoms with Crippen LogP contribution >= 0.6 is 0 Å². The van der Waals surface area contributed by atoms with Gasteiger partial charge in [0.2, 0.25) is 5.91 Å². The fraction of sp³-hybridized carbons (Fsp3) is 0.174. The Balaban J connectivity index is 1.65. The summed E-state index contributed by atoms with van der Waals surface area (Å²) in [6.45, 7) is 4.02. The number of rotatable bonds is 5. The molecule has 0 aliphatic heterocycles. The standard InChI is InChI=1S/C23H22N4O2/c1-15-5-4-6-18(13-15)25-21(28)14-27-23-22(16(2)26-27)20(11-12-24-23)17-7-9-19(29-3)10-8-17/h4-13H,14H2,1-3H3,(H,25,28). The molecule has 0 bridgehead atoms. The number of nitrogens with one attached hydrogen (secondary N) is 1. The van der Waals surface area contributed by atoms with Gasteiger partial charge in [-0.05, 0) is 60.9 Å². The van der Waals surface area contributed by atoms with E-state index in [4.69, 9.17) is 4.74 Å². The first-order valence-corrected chi connectivity index (χ1v) is 9.38. The van der Waals surface area contributed by atoms with Crippen LogP contribution in [-0.2, 0) is 11.3 Å². The number of ether oxygens (including phenoxy) is 1. The highest BCUT2D eigenvalue weighted by Gasteiger charge is 2.16. The Kier molecular flexibility index (Phi) is 4.99. The molecule has 6 nitrogen and oxygen atoms in total. The highest BCUT2D eigenvalue weighted by atomic mass is 16.5. The molecule has 4 aromatic rings. The molecule has 2 aromatic carbocycles. The van der Waals surface area contributed by atoms with Gasteiger partial charge in [0.25, 0.3) is 0 Å². The lowest BCUT2D eigenvalue weighted by Crippen LogP contribution is -2.19. The lowest BCUT2D eigenvalue weighted by Gasteiger charge is -2.08. The third kappa shape index (κ3) is 3.82. The summed E-state index contributed by atoms with van der Waals surface area (Å²) in [7, 11) is 1.65. The summed E-state index contributed by atoms with van der Waals surface area (Å²) < 4.78 is 6.90. The first-order chi connectivity index (χ1) is 14.0. The van der Waals surface area contributed by atoms with Crippen molar-refractivity contribution in [3.8, 4) is 16.9 Å². The molecule has 4 rings (SSSR count). The van der Waals surface area contributed by atoms with Gasteiger partial charge >= 0.3 is 0 Å². The molecule has 0 aliphatic rings. The summed E-state index contributed by atoms with van der Waals surface area (Å²) in [4.78, 5) is 17.0. The molecule has 0 saturated heterocycles. The van der Waals surface area contributed by atoms with Crippen molar-refractivity contribution in [3.05, 3.63) is 72.1 Å². The molecule has 0 unspecified atom stereocenters. The van der Waals surface area contributed by atoms with Crippen molar-refractivity contribution in [2.24, 2.45) is 0 Å². The maximum Gasteiger partial charge on any atom is 0.246 e. The van der Waals surface area contributed by atoms with Gasteiger partial charge in [0, 0.05) is 17.3 Å². The van der Waals surface area contributed by atoms with Crippen molar-refractivity contribution in [2.75, 3.05) is 12.4 Å². The van der Waals surface area contributed by atoms with Crippen LogP contribution in [0.4, 0.5) is 5.69 Å². The number of nitrogens with zero attached hydrogens (tertiary/aromatic N) is 3. The molecule has 0 aliphatic carbocycles. The zero-order valence-corrected chi connectivity index (χ0v) is 16.6. The number of carbonyl (C=O) groups excluding carboxylic acids is 1. The number of hydrogen-bond acceptors (Lipinski definition) is 4. The Hall–Kier alpha value is -3.67. The maximum absolute atomic E-state index is 12.6. The van der Waals surface area contributed by atoms with E-state index in [1.54, 1.807) is 18.0 Å². The SMILES string of the molecule is COc1ccc(-c2ccnc3c2c(C)nn3CC(=O)Nc2cccc(C)c2)cc1. The van der Waals surface area contributed by atoms with Gasteiger partial charge in [0.05, 0.1) is 12.8 Å². The van der Waals surface area contributed by atoms with Crippen molar-refractivity contribution in [3.63, 3.8) is 0 Å². The van der Waals surface area contributed by atoms with E-state index in [9.17, 15) is 4.79 Å². The molecule has 2 heterocycles. The van der Waals surface area contributed by atoms with Crippen molar-refractivity contribution in [1.29, 1.82) is 0 Å². The zero-order valence-electron chi connectivity index (χ0n) is 16.6. The zero-order chi connectivity index (χ0) is 20.4. The molecule has 1 N–H and O–H groups in total. The second kappa shape index (κ2) is 7.75. The molecule has 0 saturated carbocycles. The largest absolute Gasteiger partial charge is 0.497 e. The van der Waals surface area contributed by atoms with Crippen molar-refractivity contribution in [1.82, 2.24) is 14.8 Å². The highest BCUT2D eigenvalue weighted by molar-refractivity contribution is 5.96. The van der Waals surface area contributed by atoms with Crippen LogP contribution in [0.25, 0.3) is 22.2 Å². The number of methoxy groups -OCH3 is 1. The first-order valence-electron chi connectivity index (χ1n) is 9.38. The first kappa shape index (κ1) is 18.7. The van der Waals surface area contributed by atoms with Crippen LogP contribution in [0.2, 0.25) is 0 Å². The van der Waals surface area contributed by atoms with Crippen molar-refractivity contribution in [2.45, 2.75) is 20.4 Å². The number of hydrogen-bond donors (Lipinski definition) is 1. The molecule has 29 heavy (non-hydrogen) atoms. The summed E-state index contributed by atoms with van der Waals surface area (Å²) in [5.74, 6) is 0.663. The van der Waals surface area contributed by atoms with Crippen LogP contribution < -0.4 is 10.1 Å². The Bertz CT molecular complexity index is 1180. The number of fused-ring (bicyclic) bond motifs is 1. The Morgan fingerprint density at radius 3 is 2.62 bits per heavy atom. The molecule has 1 amide bonds. The van der Waals surface area contributed by atoms with Crippen LogP contribution in [0.5, 0.6) is 5.75 Å². The van der Waals surface area contributed by atoms with E-state index in [1.807, 2.05) is 68.4 Å². The number of pyridine rings is 1. The van der Waals surface area contributed by atoms with Crippen LogP contribution in [-0.4, -0.2) is 27.8 Å². The summed E-state index contributed by atoms with van der Waals surface area (Å²) in [6, 6.07) is 17.6. The van der Waals surface area contributed by atoms with E-state index in [-0.39, 0.29) is 12.5 Å². The molecule has 146 valence electrons. The molecule has 0 spiro atoms. The van der Waals surface area contributed by atoms with E-state index in [0.717, 1.165) is 39.2 Å². The molecule has 2 aromatic heterocycles. The summed E-state index contributed by atoms with van der Waals surface area (Å²) in [5.41, 5.74) is 5.46. The average Bonchev–Trinajstić information content (AvgIpc) is 3.03. The third-order valence-corrected chi connectivity index (χ3v) is 4.80. The number of benzene rings is 2. The van der Waals surface area contributed by atoms with Gasteiger partial charge in [-0.3, -0.25) is 4.79 Å². The Morgan fingerprint density at radius 1 is 1.10 bits per heavy atom. The van der Waals surface area contributed by atoms with Gasteiger partial charge in [-0.1, -0.05) is 24.3 Å². The monoisotopic (exact) mass is 386 g/mol. The van der Waals surface area contributed by atoms with Crippen LogP contribution in [0.3, 0.4) is 0 Å². The van der Waals surface area contributed by atoms with Gasteiger partial charge in [-0.15, -0.1) is 0 Å². The van der Waals surface area contributed by atoms with Gasteiger partial charge < -0.3 is 10.1 Å². The topological polar surface area (TPSA) is 69.0 Å². The molecular formula is C23H22N4O2. The summed E-state index contributed by atoms with van der Waals surface area (Å²) >= 11 is 0. The predicted molar refractivity (Wildman–Crippen MR) is 114 cm³/mol. The van der Waals surface area contributed by atoms with Gasteiger partial charge in [0.1, 0.15) is 12.3 Å². The second-order valence-corrected chi connectivity index (χ2v) is 6.95. The number of aryl methyl sites for hydroxylation is 2. The van der Waals surface area contributed by atoms with E-state index in [2.05, 4.69) is 15.4 Å². The third-order valence-electron chi connectivity index (χ3n) is 4.80. The van der Waals surface area contributed by atoms with Gasteiger partial charge in [-0.2, -0.15) is 5.10 Å². The Morgan fingerprint density at radius 2 is 1.90 bits per heavy atom. The quantitative estimate of drug-likeness (QED) is 0.553. The van der Waals surface area contributed by atoms with Crippen molar-refractivity contribution >= 4 is 22.6 Å².